The van der Waals surface area contributed by atoms with E-state index in [1.165, 1.54) is 0 Å². The van der Waals surface area contributed by atoms with E-state index in [0.29, 0.717) is 5.15 Å². The molecule has 2 rings (SSSR count). The number of furan rings is 1. The second-order valence-corrected chi connectivity index (χ2v) is 5.00. The summed E-state index contributed by atoms with van der Waals surface area (Å²) in [5.41, 5.74) is 1.11. The predicted molar refractivity (Wildman–Crippen MR) is 76.1 cm³/mol. The molecule has 1 N–H and O–H groups in total. The van der Waals surface area contributed by atoms with Gasteiger partial charge in [-0.15, -0.1) is 0 Å². The van der Waals surface area contributed by atoms with Crippen LogP contribution in [0, 0.1) is 0 Å². The molecule has 0 aromatic carbocycles. The molecule has 0 aliphatic rings. The lowest BCUT2D eigenvalue weighted by atomic mass is 10.2. The fourth-order valence-electron chi connectivity index (χ4n) is 1.88. The normalized spacial score (nSPS) is 12.8. The zero-order valence-corrected chi connectivity index (χ0v) is 11.9. The highest BCUT2D eigenvalue weighted by molar-refractivity contribution is 6.29. The summed E-state index contributed by atoms with van der Waals surface area (Å²) < 4.78 is 5.46. The molecule has 2 heterocycles. The number of nitrogens with zero attached hydrogens (tertiary/aromatic N) is 2. The van der Waals surface area contributed by atoms with Crippen molar-refractivity contribution in [3.63, 3.8) is 0 Å². The molecule has 0 aliphatic carbocycles. The third-order valence-corrected chi connectivity index (χ3v) is 3.17. The summed E-state index contributed by atoms with van der Waals surface area (Å²) in [4.78, 5) is 6.19. The molecular formula is C14H18ClN3O. The van der Waals surface area contributed by atoms with Gasteiger partial charge in [-0.2, -0.15) is 0 Å². The predicted octanol–water partition coefficient (Wildman–Crippen LogP) is 2.72. The number of hydrogen-bond donors (Lipinski definition) is 1. The van der Waals surface area contributed by atoms with Crippen LogP contribution in [0.2, 0.25) is 5.15 Å². The lowest BCUT2D eigenvalue weighted by molar-refractivity contribution is 0.250. The number of hydrogen-bond acceptors (Lipinski definition) is 4. The topological polar surface area (TPSA) is 41.3 Å². The molecule has 4 nitrogen and oxygen atoms in total. The smallest absolute Gasteiger partial charge is 0.129 e. The molecule has 102 valence electrons. The molecule has 1 atom stereocenters. The second-order valence-electron chi connectivity index (χ2n) is 4.61. The van der Waals surface area contributed by atoms with E-state index in [-0.39, 0.29) is 6.04 Å². The molecule has 0 spiro atoms. The van der Waals surface area contributed by atoms with Gasteiger partial charge in [0, 0.05) is 19.3 Å². The Morgan fingerprint density at radius 2 is 2.21 bits per heavy atom. The van der Waals surface area contributed by atoms with Crippen LogP contribution >= 0.6 is 11.6 Å². The molecule has 0 fully saturated rings. The molecule has 2 aromatic heterocycles. The van der Waals surface area contributed by atoms with Gasteiger partial charge in [-0.05, 0) is 37.9 Å². The number of aromatic nitrogens is 1. The Balaban J connectivity index is 1.88. The van der Waals surface area contributed by atoms with E-state index in [2.05, 4.69) is 15.2 Å². The number of nitrogens with one attached hydrogen (secondary N) is 1. The number of rotatable bonds is 6. The zero-order valence-electron chi connectivity index (χ0n) is 11.1. The Morgan fingerprint density at radius 3 is 2.79 bits per heavy atom. The molecule has 2 aromatic rings. The van der Waals surface area contributed by atoms with Crippen LogP contribution in [0.4, 0.5) is 0 Å². The minimum atomic E-state index is 0.218. The van der Waals surface area contributed by atoms with Crippen molar-refractivity contribution in [2.24, 2.45) is 0 Å². The Labute approximate surface area is 118 Å². The molecule has 0 amide bonds. The van der Waals surface area contributed by atoms with Gasteiger partial charge in [0.25, 0.3) is 0 Å². The lowest BCUT2D eigenvalue weighted by Crippen LogP contribution is -2.30. The molecule has 0 aliphatic heterocycles. The van der Waals surface area contributed by atoms with Gasteiger partial charge >= 0.3 is 0 Å². The summed E-state index contributed by atoms with van der Waals surface area (Å²) in [6, 6.07) is 7.90. The first-order valence-corrected chi connectivity index (χ1v) is 6.55. The molecule has 1 unspecified atom stereocenters. The standard InChI is InChI=1S/C14H18ClN3O/c1-18(2)12(13-4-3-7-19-13)10-16-8-11-5-6-14(15)17-9-11/h3-7,9,12,16H,8,10H2,1-2H3. The van der Waals surface area contributed by atoms with Crippen LogP contribution in [0.3, 0.4) is 0 Å². The first kappa shape index (κ1) is 14.1. The third-order valence-electron chi connectivity index (χ3n) is 2.95. The lowest BCUT2D eigenvalue weighted by Gasteiger charge is -2.22. The molecular weight excluding hydrogens is 262 g/mol. The summed E-state index contributed by atoms with van der Waals surface area (Å²) in [6.45, 7) is 1.57. The van der Waals surface area contributed by atoms with Crippen LogP contribution in [-0.2, 0) is 6.54 Å². The highest BCUT2D eigenvalue weighted by Crippen LogP contribution is 2.17. The van der Waals surface area contributed by atoms with Crippen LogP contribution in [0.25, 0.3) is 0 Å². The van der Waals surface area contributed by atoms with Gasteiger partial charge in [-0.1, -0.05) is 17.7 Å². The summed E-state index contributed by atoms with van der Waals surface area (Å²) in [5.74, 6) is 0.965. The van der Waals surface area contributed by atoms with Gasteiger partial charge in [-0.3, -0.25) is 4.90 Å². The highest BCUT2D eigenvalue weighted by atomic mass is 35.5. The van der Waals surface area contributed by atoms with E-state index in [9.17, 15) is 0 Å². The van der Waals surface area contributed by atoms with E-state index in [0.717, 1.165) is 24.4 Å². The maximum absolute atomic E-state index is 5.75. The van der Waals surface area contributed by atoms with Crippen molar-refractivity contribution < 1.29 is 4.42 Å². The first-order valence-electron chi connectivity index (χ1n) is 6.18. The summed E-state index contributed by atoms with van der Waals surface area (Å²) in [5, 5.41) is 3.93. The van der Waals surface area contributed by atoms with Gasteiger partial charge < -0.3 is 9.73 Å². The van der Waals surface area contributed by atoms with Gasteiger partial charge in [-0.25, -0.2) is 4.98 Å². The van der Waals surface area contributed by atoms with Gasteiger partial charge in [0.1, 0.15) is 10.9 Å². The van der Waals surface area contributed by atoms with E-state index in [4.69, 9.17) is 16.0 Å². The number of pyridine rings is 1. The highest BCUT2D eigenvalue weighted by Gasteiger charge is 2.16. The number of halogens is 1. The van der Waals surface area contributed by atoms with Crippen molar-refractivity contribution >= 4 is 11.6 Å². The quantitative estimate of drug-likeness (QED) is 0.826. The van der Waals surface area contributed by atoms with Crippen molar-refractivity contribution in [3.8, 4) is 0 Å². The Bertz CT molecular complexity index is 482. The first-order chi connectivity index (χ1) is 9.16. The fourth-order valence-corrected chi connectivity index (χ4v) is 1.99. The van der Waals surface area contributed by atoms with Crippen molar-refractivity contribution in [3.05, 3.63) is 53.2 Å². The van der Waals surface area contributed by atoms with Crippen LogP contribution < -0.4 is 5.32 Å². The van der Waals surface area contributed by atoms with Crippen molar-refractivity contribution in [2.45, 2.75) is 12.6 Å². The molecule has 5 heteroatoms. The van der Waals surface area contributed by atoms with E-state index in [1.54, 1.807) is 18.5 Å². The Hall–Kier alpha value is -1.36. The minimum absolute atomic E-state index is 0.218. The van der Waals surface area contributed by atoms with Crippen LogP contribution in [-0.4, -0.2) is 30.5 Å². The van der Waals surface area contributed by atoms with Crippen molar-refractivity contribution in [2.75, 3.05) is 20.6 Å². The molecule has 0 bridgehead atoms. The van der Waals surface area contributed by atoms with E-state index < -0.39 is 0 Å². The average Bonchev–Trinajstić information content (AvgIpc) is 2.90. The minimum Gasteiger partial charge on any atom is -0.468 e. The average molecular weight is 280 g/mol. The largest absolute Gasteiger partial charge is 0.468 e. The van der Waals surface area contributed by atoms with Crippen LogP contribution in [0.15, 0.2) is 41.1 Å². The molecule has 0 saturated carbocycles. The van der Waals surface area contributed by atoms with Gasteiger partial charge in [0.15, 0.2) is 0 Å². The van der Waals surface area contributed by atoms with E-state index in [1.807, 2.05) is 32.3 Å². The van der Waals surface area contributed by atoms with Gasteiger partial charge in [0.05, 0.1) is 12.3 Å². The summed E-state index contributed by atoms with van der Waals surface area (Å²) in [6.07, 6.45) is 3.49. The maximum atomic E-state index is 5.75. The van der Waals surface area contributed by atoms with Crippen LogP contribution in [0.1, 0.15) is 17.4 Å². The molecule has 0 radical (unpaired) electrons. The van der Waals surface area contributed by atoms with Gasteiger partial charge in [0.2, 0.25) is 0 Å². The van der Waals surface area contributed by atoms with Crippen molar-refractivity contribution in [1.29, 1.82) is 0 Å². The monoisotopic (exact) mass is 279 g/mol. The molecule has 19 heavy (non-hydrogen) atoms. The SMILES string of the molecule is CN(C)C(CNCc1ccc(Cl)nc1)c1ccco1. The fraction of sp³-hybridized carbons (Fsp3) is 0.357. The Morgan fingerprint density at radius 1 is 1.37 bits per heavy atom. The maximum Gasteiger partial charge on any atom is 0.129 e. The summed E-state index contributed by atoms with van der Waals surface area (Å²) >= 11 is 5.75. The second kappa shape index (κ2) is 6.70. The van der Waals surface area contributed by atoms with Crippen molar-refractivity contribution in [1.82, 2.24) is 15.2 Å². The third kappa shape index (κ3) is 4.06. The zero-order chi connectivity index (χ0) is 13.7. The molecule has 0 saturated heterocycles. The summed E-state index contributed by atoms with van der Waals surface area (Å²) in [7, 11) is 4.08. The van der Waals surface area contributed by atoms with Crippen LogP contribution in [0.5, 0.6) is 0 Å². The number of likely N-dealkylation sites (N-methyl/N-ethyl adjacent to an activating group) is 1. The Kier molecular flexibility index (Phi) is 4.96. The van der Waals surface area contributed by atoms with E-state index >= 15 is 0 Å².